The molecule has 0 saturated carbocycles. The van der Waals surface area contributed by atoms with Crippen LogP contribution in [0.15, 0.2) is 36.9 Å². The highest BCUT2D eigenvalue weighted by Crippen LogP contribution is 2.36. The zero-order valence-corrected chi connectivity index (χ0v) is 13.1. The van der Waals surface area contributed by atoms with Gasteiger partial charge in [0.15, 0.2) is 0 Å². The number of nitrogens with zero attached hydrogens (tertiary/aromatic N) is 2. The van der Waals surface area contributed by atoms with Crippen LogP contribution in [0, 0.1) is 0 Å². The van der Waals surface area contributed by atoms with Gasteiger partial charge in [-0.05, 0) is 31.2 Å². The summed E-state index contributed by atoms with van der Waals surface area (Å²) in [6, 6.07) is 8.51. The first kappa shape index (κ1) is 12.7. The molecule has 4 rings (SSSR count). The van der Waals surface area contributed by atoms with Gasteiger partial charge >= 0.3 is 0 Å². The van der Waals surface area contributed by atoms with Gasteiger partial charge in [-0.2, -0.15) is 0 Å². The number of hydrogen-bond donors (Lipinski definition) is 0. The second-order valence-electron chi connectivity index (χ2n) is 4.73. The SMILES string of the molecule is C=Cc1nc2ccc3c(ccc4nc(/C=C/C)sc43)c2s1. The molecule has 102 valence electrons. The summed E-state index contributed by atoms with van der Waals surface area (Å²) in [5.41, 5.74) is 2.10. The third kappa shape index (κ3) is 1.91. The molecule has 2 aromatic carbocycles. The van der Waals surface area contributed by atoms with Crippen molar-refractivity contribution in [1.29, 1.82) is 0 Å². The molecular formula is C17H12N2S2. The van der Waals surface area contributed by atoms with Crippen LogP contribution in [0.5, 0.6) is 0 Å². The second kappa shape index (κ2) is 4.76. The quantitative estimate of drug-likeness (QED) is 0.472. The Labute approximate surface area is 130 Å². The van der Waals surface area contributed by atoms with Crippen LogP contribution in [0.1, 0.15) is 16.9 Å². The normalized spacial score (nSPS) is 12.0. The van der Waals surface area contributed by atoms with E-state index < -0.39 is 0 Å². The van der Waals surface area contributed by atoms with E-state index in [2.05, 4.69) is 46.9 Å². The Morgan fingerprint density at radius 3 is 2.05 bits per heavy atom. The first-order chi connectivity index (χ1) is 10.3. The highest BCUT2D eigenvalue weighted by atomic mass is 32.1. The molecule has 4 aromatic rings. The first-order valence-corrected chi connectivity index (χ1v) is 8.31. The van der Waals surface area contributed by atoms with Crippen molar-refractivity contribution in [2.24, 2.45) is 0 Å². The maximum Gasteiger partial charge on any atom is 0.117 e. The molecule has 2 heterocycles. The Bertz CT molecular complexity index is 1020. The Balaban J connectivity index is 2.12. The maximum atomic E-state index is 4.66. The summed E-state index contributed by atoms with van der Waals surface area (Å²) in [6.07, 6.45) is 5.89. The number of hydrogen-bond acceptors (Lipinski definition) is 4. The van der Waals surface area contributed by atoms with Crippen LogP contribution in [-0.2, 0) is 0 Å². The molecule has 0 aliphatic rings. The largest absolute Gasteiger partial charge is 0.237 e. The van der Waals surface area contributed by atoms with Crippen LogP contribution in [0.2, 0.25) is 0 Å². The van der Waals surface area contributed by atoms with Crippen LogP contribution in [0.3, 0.4) is 0 Å². The number of allylic oxidation sites excluding steroid dienone is 1. The Morgan fingerprint density at radius 1 is 0.905 bits per heavy atom. The zero-order chi connectivity index (χ0) is 14.4. The van der Waals surface area contributed by atoms with Crippen LogP contribution in [0.25, 0.3) is 43.4 Å². The third-order valence-corrected chi connectivity index (χ3v) is 5.59. The summed E-state index contributed by atoms with van der Waals surface area (Å²) in [7, 11) is 0. The fourth-order valence-corrected chi connectivity index (χ4v) is 4.52. The number of rotatable bonds is 2. The van der Waals surface area contributed by atoms with Crippen molar-refractivity contribution in [1.82, 2.24) is 9.97 Å². The average Bonchev–Trinajstić information content (AvgIpc) is 3.09. The van der Waals surface area contributed by atoms with Gasteiger partial charge in [0, 0.05) is 10.8 Å². The molecule has 0 fully saturated rings. The number of thiazole rings is 2. The highest BCUT2D eigenvalue weighted by molar-refractivity contribution is 7.21. The standard InChI is InChI=1S/C17H12N2S2/c1-3-5-15-19-13-9-7-10-11(17(13)21-15)6-8-12-16(10)20-14(4-2)18-12/h3-9H,2H2,1H3/b5-3+. The molecule has 0 aliphatic carbocycles. The van der Waals surface area contributed by atoms with E-state index in [1.165, 1.54) is 20.2 Å². The molecular weight excluding hydrogens is 296 g/mol. The monoisotopic (exact) mass is 308 g/mol. The molecule has 0 saturated heterocycles. The molecule has 0 unspecified atom stereocenters. The summed E-state index contributed by atoms with van der Waals surface area (Å²) in [5, 5.41) is 4.53. The van der Waals surface area contributed by atoms with Gasteiger partial charge in [0.25, 0.3) is 0 Å². The van der Waals surface area contributed by atoms with E-state index in [4.69, 9.17) is 0 Å². The van der Waals surface area contributed by atoms with Gasteiger partial charge in [-0.1, -0.05) is 24.8 Å². The Morgan fingerprint density at radius 2 is 1.48 bits per heavy atom. The molecule has 0 amide bonds. The van der Waals surface area contributed by atoms with Crippen molar-refractivity contribution in [3.63, 3.8) is 0 Å². The lowest BCUT2D eigenvalue weighted by molar-refractivity contribution is 1.46. The lowest BCUT2D eigenvalue weighted by Gasteiger charge is -1.99. The minimum atomic E-state index is 0.969. The van der Waals surface area contributed by atoms with Gasteiger partial charge in [0.2, 0.25) is 0 Å². The van der Waals surface area contributed by atoms with Crippen molar-refractivity contribution in [3.8, 4) is 0 Å². The summed E-state index contributed by atoms with van der Waals surface area (Å²) in [5.74, 6) is 0. The number of aromatic nitrogens is 2. The average molecular weight is 308 g/mol. The van der Waals surface area contributed by atoms with Crippen LogP contribution in [-0.4, -0.2) is 9.97 Å². The summed E-state index contributed by atoms with van der Waals surface area (Å²) in [6.45, 7) is 5.83. The summed E-state index contributed by atoms with van der Waals surface area (Å²) in [4.78, 5) is 9.23. The van der Waals surface area contributed by atoms with Crippen molar-refractivity contribution < 1.29 is 0 Å². The fourth-order valence-electron chi connectivity index (χ4n) is 2.51. The fraction of sp³-hybridized carbons (Fsp3) is 0.0588. The summed E-state index contributed by atoms with van der Waals surface area (Å²) >= 11 is 3.43. The van der Waals surface area contributed by atoms with Gasteiger partial charge in [0.05, 0.1) is 20.4 Å². The molecule has 2 nitrogen and oxygen atoms in total. The van der Waals surface area contributed by atoms with Gasteiger partial charge in [-0.25, -0.2) is 9.97 Å². The van der Waals surface area contributed by atoms with Gasteiger partial charge in [-0.3, -0.25) is 0 Å². The van der Waals surface area contributed by atoms with E-state index >= 15 is 0 Å². The lowest BCUT2D eigenvalue weighted by Crippen LogP contribution is -1.75. The molecule has 2 aromatic heterocycles. The van der Waals surface area contributed by atoms with E-state index in [9.17, 15) is 0 Å². The van der Waals surface area contributed by atoms with Crippen LogP contribution >= 0.6 is 22.7 Å². The topological polar surface area (TPSA) is 25.8 Å². The zero-order valence-electron chi connectivity index (χ0n) is 11.5. The molecule has 21 heavy (non-hydrogen) atoms. The van der Waals surface area contributed by atoms with E-state index in [-0.39, 0.29) is 0 Å². The lowest BCUT2D eigenvalue weighted by atomic mass is 10.1. The van der Waals surface area contributed by atoms with Crippen LogP contribution < -0.4 is 0 Å². The maximum absolute atomic E-state index is 4.66. The molecule has 0 spiro atoms. The predicted octanol–water partition coefficient (Wildman–Crippen LogP) is 5.74. The van der Waals surface area contributed by atoms with Crippen molar-refractivity contribution in [2.45, 2.75) is 6.92 Å². The van der Waals surface area contributed by atoms with Gasteiger partial charge in [-0.15, -0.1) is 22.7 Å². The number of fused-ring (bicyclic) bond motifs is 5. The minimum Gasteiger partial charge on any atom is -0.237 e. The molecule has 0 bridgehead atoms. The molecule has 0 radical (unpaired) electrons. The summed E-state index contributed by atoms with van der Waals surface area (Å²) < 4.78 is 2.47. The van der Waals surface area contributed by atoms with E-state index in [1.54, 1.807) is 22.7 Å². The van der Waals surface area contributed by atoms with E-state index in [1.807, 2.05) is 19.1 Å². The second-order valence-corrected chi connectivity index (χ2v) is 6.79. The molecule has 4 heteroatoms. The molecule has 0 aliphatic heterocycles. The third-order valence-electron chi connectivity index (χ3n) is 3.42. The van der Waals surface area contributed by atoms with Gasteiger partial charge in [0.1, 0.15) is 10.0 Å². The number of benzene rings is 2. The van der Waals surface area contributed by atoms with Crippen LogP contribution in [0.4, 0.5) is 0 Å². The Hall–Kier alpha value is -2.04. The Kier molecular flexibility index (Phi) is 2.87. The molecule has 0 atom stereocenters. The van der Waals surface area contributed by atoms with Crippen molar-refractivity contribution in [3.05, 3.63) is 46.9 Å². The van der Waals surface area contributed by atoms with Crippen molar-refractivity contribution >= 4 is 66.0 Å². The minimum absolute atomic E-state index is 0.969. The highest BCUT2D eigenvalue weighted by Gasteiger charge is 2.10. The van der Waals surface area contributed by atoms with Crippen molar-refractivity contribution in [2.75, 3.05) is 0 Å². The smallest absolute Gasteiger partial charge is 0.117 e. The van der Waals surface area contributed by atoms with Gasteiger partial charge < -0.3 is 0 Å². The first-order valence-electron chi connectivity index (χ1n) is 6.68. The van der Waals surface area contributed by atoms with E-state index in [0.717, 1.165) is 21.0 Å². The predicted molar refractivity (Wildman–Crippen MR) is 95.1 cm³/mol. The molecule has 0 N–H and O–H groups in total. The van der Waals surface area contributed by atoms with E-state index in [0.29, 0.717) is 0 Å².